The molecule has 1 aromatic carbocycles. The molecule has 2 aromatic rings. The first-order valence-electron chi connectivity index (χ1n) is 6.58. The van der Waals surface area contributed by atoms with E-state index in [0.29, 0.717) is 16.5 Å². The molecule has 0 aliphatic heterocycles. The number of carbonyl (C=O) groups is 1. The third kappa shape index (κ3) is 3.83. The van der Waals surface area contributed by atoms with Gasteiger partial charge in [-0.1, -0.05) is 11.6 Å². The van der Waals surface area contributed by atoms with E-state index in [-0.39, 0.29) is 5.16 Å². The van der Waals surface area contributed by atoms with Crippen LogP contribution in [0.25, 0.3) is 0 Å². The highest BCUT2D eigenvalue weighted by molar-refractivity contribution is 7.92. The fourth-order valence-electron chi connectivity index (χ4n) is 2.00. The average Bonchev–Trinajstić information content (AvgIpc) is 2.89. The van der Waals surface area contributed by atoms with Gasteiger partial charge < -0.3 is 14.6 Å². The number of nitrogens with one attached hydrogen (secondary N) is 1. The Morgan fingerprint density at radius 2 is 2.13 bits per heavy atom. The van der Waals surface area contributed by atoms with E-state index in [9.17, 15) is 13.2 Å². The van der Waals surface area contributed by atoms with Crippen molar-refractivity contribution in [1.82, 2.24) is 9.55 Å². The van der Waals surface area contributed by atoms with Crippen LogP contribution in [0.4, 0.5) is 5.69 Å². The van der Waals surface area contributed by atoms with Crippen molar-refractivity contribution in [3.8, 4) is 5.75 Å². The number of hydrogen-bond acceptors (Lipinski definition) is 5. The van der Waals surface area contributed by atoms with E-state index >= 15 is 0 Å². The molecule has 0 atom stereocenters. The molecule has 1 amide bonds. The van der Waals surface area contributed by atoms with Gasteiger partial charge in [0.15, 0.2) is 0 Å². The van der Waals surface area contributed by atoms with Gasteiger partial charge >= 0.3 is 0 Å². The first-order valence-corrected chi connectivity index (χ1v) is 8.61. The number of methoxy groups -OCH3 is 1. The summed E-state index contributed by atoms with van der Waals surface area (Å²) in [6.45, 7) is 1.77. The van der Waals surface area contributed by atoms with Gasteiger partial charge in [-0.15, -0.1) is 0 Å². The minimum atomic E-state index is -3.83. The molecule has 1 heterocycles. The molecule has 124 valence electrons. The molecule has 2 rings (SSSR count). The number of carbonyl (C=O) groups excluding carboxylic acids is 1. The van der Waals surface area contributed by atoms with E-state index in [0.717, 1.165) is 5.56 Å². The Hall–Kier alpha value is -2.06. The fraction of sp³-hybridized carbons (Fsp3) is 0.286. The first-order chi connectivity index (χ1) is 10.7. The number of amides is 1. The van der Waals surface area contributed by atoms with Crippen LogP contribution in [0.5, 0.6) is 5.75 Å². The lowest BCUT2D eigenvalue weighted by molar-refractivity contribution is -0.113. The molecule has 0 radical (unpaired) electrons. The van der Waals surface area contributed by atoms with Gasteiger partial charge in [-0.05, 0) is 18.6 Å². The maximum atomic E-state index is 12.2. The summed E-state index contributed by atoms with van der Waals surface area (Å²) >= 11 is 5.99. The van der Waals surface area contributed by atoms with Crippen molar-refractivity contribution in [1.29, 1.82) is 0 Å². The summed E-state index contributed by atoms with van der Waals surface area (Å²) in [5.41, 5.74) is 1.09. The van der Waals surface area contributed by atoms with Gasteiger partial charge in [0.2, 0.25) is 20.9 Å². The van der Waals surface area contributed by atoms with Crippen LogP contribution in [0, 0.1) is 6.92 Å². The van der Waals surface area contributed by atoms with Crippen LogP contribution in [0.1, 0.15) is 5.56 Å². The van der Waals surface area contributed by atoms with Crippen molar-refractivity contribution >= 4 is 33.0 Å². The highest BCUT2D eigenvalue weighted by Gasteiger charge is 2.24. The van der Waals surface area contributed by atoms with Gasteiger partial charge in [-0.25, -0.2) is 13.4 Å². The van der Waals surface area contributed by atoms with Crippen molar-refractivity contribution in [3.05, 3.63) is 35.1 Å². The highest BCUT2D eigenvalue weighted by Crippen LogP contribution is 2.30. The molecular formula is C14H16ClN3O4S. The molecule has 0 saturated heterocycles. The Bertz CT molecular complexity index is 846. The van der Waals surface area contributed by atoms with Crippen LogP contribution < -0.4 is 10.1 Å². The van der Waals surface area contributed by atoms with E-state index in [1.807, 2.05) is 0 Å². The maximum absolute atomic E-state index is 12.2. The SMILES string of the molecule is COc1cc(Cl)c(C)cc1NC(=O)CS(=O)(=O)c1nccn1C. The number of imidazole rings is 1. The summed E-state index contributed by atoms with van der Waals surface area (Å²) in [4.78, 5) is 15.8. The second-order valence-corrected chi connectivity index (χ2v) is 7.22. The molecule has 0 spiro atoms. The zero-order chi connectivity index (χ0) is 17.2. The van der Waals surface area contributed by atoms with Gasteiger partial charge in [0.05, 0.1) is 12.8 Å². The monoisotopic (exact) mass is 357 g/mol. The molecule has 0 bridgehead atoms. The molecule has 1 aromatic heterocycles. The third-order valence-corrected chi connectivity index (χ3v) is 5.13. The Kier molecular flexibility index (Phi) is 4.96. The van der Waals surface area contributed by atoms with Crippen molar-refractivity contribution in [3.63, 3.8) is 0 Å². The number of anilines is 1. The van der Waals surface area contributed by atoms with Gasteiger partial charge in [-0.3, -0.25) is 4.79 Å². The molecule has 0 unspecified atom stereocenters. The predicted molar refractivity (Wildman–Crippen MR) is 86.6 cm³/mol. The largest absolute Gasteiger partial charge is 0.495 e. The summed E-state index contributed by atoms with van der Waals surface area (Å²) in [6, 6.07) is 3.17. The number of sulfone groups is 1. The summed E-state index contributed by atoms with van der Waals surface area (Å²) in [5.74, 6) is -1.06. The van der Waals surface area contributed by atoms with Crippen molar-refractivity contribution in [2.24, 2.45) is 7.05 Å². The van der Waals surface area contributed by atoms with Gasteiger partial charge in [0.1, 0.15) is 11.5 Å². The van der Waals surface area contributed by atoms with Crippen LogP contribution in [-0.2, 0) is 21.7 Å². The Labute approximate surface area is 139 Å². The summed E-state index contributed by atoms with van der Waals surface area (Å²) in [5, 5.41) is 2.85. The highest BCUT2D eigenvalue weighted by atomic mass is 35.5. The summed E-state index contributed by atoms with van der Waals surface area (Å²) < 4.78 is 30.9. The molecule has 9 heteroatoms. The van der Waals surface area contributed by atoms with E-state index in [4.69, 9.17) is 16.3 Å². The first kappa shape index (κ1) is 17.3. The maximum Gasteiger partial charge on any atom is 0.240 e. The minimum absolute atomic E-state index is 0.160. The number of aromatic nitrogens is 2. The second-order valence-electron chi connectivity index (χ2n) is 4.93. The standard InChI is InChI=1S/C14H16ClN3O4S/c1-9-6-11(12(22-3)7-10(9)15)17-13(19)8-23(20,21)14-16-4-5-18(14)2/h4-7H,8H2,1-3H3,(H,17,19). The number of ether oxygens (including phenoxy) is 1. The van der Waals surface area contributed by atoms with Crippen LogP contribution in [0.2, 0.25) is 5.02 Å². The Morgan fingerprint density at radius 3 is 2.70 bits per heavy atom. The molecule has 23 heavy (non-hydrogen) atoms. The smallest absolute Gasteiger partial charge is 0.240 e. The zero-order valence-electron chi connectivity index (χ0n) is 12.8. The molecule has 0 saturated carbocycles. The van der Waals surface area contributed by atoms with Gasteiger partial charge in [0, 0.05) is 30.5 Å². The third-order valence-electron chi connectivity index (χ3n) is 3.13. The molecule has 0 aliphatic carbocycles. The molecular weight excluding hydrogens is 342 g/mol. The lowest BCUT2D eigenvalue weighted by Crippen LogP contribution is -2.25. The second kappa shape index (κ2) is 6.59. The van der Waals surface area contributed by atoms with Crippen molar-refractivity contribution in [2.75, 3.05) is 18.2 Å². The number of aryl methyl sites for hydroxylation is 2. The van der Waals surface area contributed by atoms with Crippen LogP contribution in [0.15, 0.2) is 29.7 Å². The predicted octanol–water partition coefficient (Wildman–Crippen LogP) is 1.80. The Morgan fingerprint density at radius 1 is 1.43 bits per heavy atom. The van der Waals surface area contributed by atoms with Gasteiger partial charge in [-0.2, -0.15) is 0 Å². The number of halogens is 1. The lowest BCUT2D eigenvalue weighted by atomic mass is 10.2. The van der Waals surface area contributed by atoms with E-state index in [1.165, 1.54) is 24.1 Å². The molecule has 0 aliphatic rings. The summed E-state index contributed by atoms with van der Waals surface area (Å²) in [7, 11) is -0.855. The quantitative estimate of drug-likeness (QED) is 0.881. The van der Waals surface area contributed by atoms with Gasteiger partial charge in [0.25, 0.3) is 0 Å². The zero-order valence-corrected chi connectivity index (χ0v) is 14.4. The fourth-order valence-corrected chi connectivity index (χ4v) is 3.43. The summed E-state index contributed by atoms with van der Waals surface area (Å²) in [6.07, 6.45) is 2.85. The van der Waals surface area contributed by atoms with E-state index < -0.39 is 21.5 Å². The molecule has 0 fully saturated rings. The lowest BCUT2D eigenvalue weighted by Gasteiger charge is -2.12. The van der Waals surface area contributed by atoms with E-state index in [2.05, 4.69) is 10.3 Å². The minimum Gasteiger partial charge on any atom is -0.495 e. The number of benzene rings is 1. The number of rotatable bonds is 5. The van der Waals surface area contributed by atoms with Crippen LogP contribution in [0.3, 0.4) is 0 Å². The van der Waals surface area contributed by atoms with Crippen molar-refractivity contribution < 1.29 is 17.9 Å². The normalized spacial score (nSPS) is 11.3. The van der Waals surface area contributed by atoms with E-state index in [1.54, 1.807) is 26.1 Å². The van der Waals surface area contributed by atoms with Crippen LogP contribution in [-0.4, -0.2) is 36.7 Å². The van der Waals surface area contributed by atoms with Crippen LogP contribution >= 0.6 is 11.6 Å². The topological polar surface area (TPSA) is 90.3 Å². The number of nitrogens with zero attached hydrogens (tertiary/aromatic N) is 2. The van der Waals surface area contributed by atoms with Crippen molar-refractivity contribution in [2.45, 2.75) is 12.1 Å². The average molecular weight is 358 g/mol. The Balaban J connectivity index is 2.21. The number of hydrogen-bond donors (Lipinski definition) is 1. The molecule has 1 N–H and O–H groups in total. The molecule has 7 nitrogen and oxygen atoms in total.